The van der Waals surface area contributed by atoms with Gasteiger partial charge in [0.2, 0.25) is 5.91 Å². The quantitative estimate of drug-likeness (QED) is 0.335. The number of rotatable bonds is 9. The zero-order valence-corrected chi connectivity index (χ0v) is 21.2. The van der Waals surface area contributed by atoms with Gasteiger partial charge in [0.15, 0.2) is 0 Å². The zero-order valence-electron chi connectivity index (χ0n) is 20.3. The van der Waals surface area contributed by atoms with Crippen LogP contribution in [0.25, 0.3) is 0 Å². The van der Waals surface area contributed by atoms with Gasteiger partial charge in [-0.3, -0.25) is 9.59 Å². The van der Waals surface area contributed by atoms with E-state index in [1.165, 1.54) is 12.1 Å². The van der Waals surface area contributed by atoms with Crippen LogP contribution in [-0.2, 0) is 14.3 Å². The number of nitrogens with zero attached hydrogens (tertiary/aromatic N) is 1. The second-order valence-electron chi connectivity index (χ2n) is 8.90. The van der Waals surface area contributed by atoms with Crippen molar-refractivity contribution >= 4 is 36.2 Å². The van der Waals surface area contributed by atoms with Gasteiger partial charge in [-0.2, -0.15) is 12.6 Å². The fraction of sp³-hybridized carbons (Fsp3) is 0.400. The summed E-state index contributed by atoms with van der Waals surface area (Å²) in [5.74, 6) is -1.56. The number of phenolic OH excluding ortho intramolecular Hbond substituents is 1. The van der Waals surface area contributed by atoms with Crippen molar-refractivity contribution in [1.82, 2.24) is 10.2 Å². The van der Waals surface area contributed by atoms with Gasteiger partial charge >= 0.3 is 6.09 Å². The highest BCUT2D eigenvalue weighted by atomic mass is 32.1. The number of ether oxygens (including phenoxy) is 1. The van der Waals surface area contributed by atoms with E-state index in [4.69, 9.17) is 4.74 Å². The summed E-state index contributed by atoms with van der Waals surface area (Å²) >= 11 is 4.19. The lowest BCUT2D eigenvalue weighted by Gasteiger charge is -2.34. The molecule has 3 amide bonds. The van der Waals surface area contributed by atoms with Crippen molar-refractivity contribution in [1.29, 1.82) is 0 Å². The third kappa shape index (κ3) is 7.90. The largest absolute Gasteiger partial charge is 0.508 e. The van der Waals surface area contributed by atoms with Gasteiger partial charge in [0.05, 0.1) is 6.61 Å². The average molecular weight is 504 g/mol. The summed E-state index contributed by atoms with van der Waals surface area (Å²) in [4.78, 5) is 40.5. The van der Waals surface area contributed by atoms with E-state index in [1.807, 2.05) is 19.1 Å². The molecule has 2 atom stereocenters. The van der Waals surface area contributed by atoms with Crippen LogP contribution in [0.15, 0.2) is 48.5 Å². The number of amides is 3. The van der Waals surface area contributed by atoms with Crippen LogP contribution < -0.4 is 10.6 Å². The van der Waals surface area contributed by atoms with Crippen molar-refractivity contribution in [2.24, 2.45) is 0 Å². The van der Waals surface area contributed by atoms with Crippen molar-refractivity contribution in [3.8, 4) is 5.75 Å². The molecule has 0 aromatic heterocycles. The first-order chi connectivity index (χ1) is 16.5. The molecule has 0 saturated carbocycles. The van der Waals surface area contributed by atoms with Gasteiger partial charge in [0.1, 0.15) is 23.4 Å². The van der Waals surface area contributed by atoms with Gasteiger partial charge in [-0.15, -0.1) is 0 Å². The van der Waals surface area contributed by atoms with Crippen LogP contribution in [0.5, 0.6) is 5.75 Å². The third-order valence-electron chi connectivity index (χ3n) is 4.99. The molecule has 2 rings (SSSR count). The molecule has 2 unspecified atom stereocenters. The number of nitrogens with one attached hydrogen (secondary N) is 2. The van der Waals surface area contributed by atoms with Crippen molar-refractivity contribution in [2.45, 2.75) is 45.4 Å². The molecule has 10 heteroatoms. The molecule has 190 valence electrons. The van der Waals surface area contributed by atoms with Crippen LogP contribution in [0.4, 0.5) is 10.5 Å². The summed E-state index contributed by atoms with van der Waals surface area (Å²) in [6, 6.07) is 10.8. The van der Waals surface area contributed by atoms with E-state index in [0.717, 1.165) is 10.5 Å². The highest BCUT2D eigenvalue weighted by Gasteiger charge is 2.37. The first-order valence-corrected chi connectivity index (χ1v) is 11.8. The van der Waals surface area contributed by atoms with E-state index in [2.05, 4.69) is 23.3 Å². The number of aryl methyl sites for hydroxylation is 1. The van der Waals surface area contributed by atoms with Crippen LogP contribution in [0, 0.1) is 6.92 Å². The highest BCUT2D eigenvalue weighted by Crippen LogP contribution is 2.31. The number of thiol groups is 1. The maximum Gasteiger partial charge on any atom is 0.408 e. The minimum absolute atomic E-state index is 0.0904. The molecule has 0 spiro atoms. The lowest BCUT2D eigenvalue weighted by Crippen LogP contribution is -2.53. The van der Waals surface area contributed by atoms with E-state index in [9.17, 15) is 24.6 Å². The van der Waals surface area contributed by atoms with Gasteiger partial charge in [-0.1, -0.05) is 36.4 Å². The van der Waals surface area contributed by atoms with E-state index in [0.29, 0.717) is 5.69 Å². The predicted molar refractivity (Wildman–Crippen MR) is 136 cm³/mol. The number of hydrogen-bond acceptors (Lipinski definition) is 7. The van der Waals surface area contributed by atoms with E-state index >= 15 is 0 Å². The number of para-hydroxylation sites is 2. The molecule has 0 saturated heterocycles. The van der Waals surface area contributed by atoms with Crippen molar-refractivity contribution < 1.29 is 29.3 Å². The predicted octanol–water partition coefficient (Wildman–Crippen LogP) is 3.02. The van der Waals surface area contributed by atoms with Crippen LogP contribution in [0.2, 0.25) is 0 Å². The summed E-state index contributed by atoms with van der Waals surface area (Å²) in [7, 11) is 0. The number of aliphatic hydroxyl groups excluding tert-OH is 1. The Kier molecular flexibility index (Phi) is 9.97. The third-order valence-corrected chi connectivity index (χ3v) is 5.36. The number of hydrogen-bond donors (Lipinski definition) is 5. The summed E-state index contributed by atoms with van der Waals surface area (Å²) < 4.78 is 5.24. The number of alkyl carbamates (subject to hydrolysis) is 1. The smallest absolute Gasteiger partial charge is 0.408 e. The van der Waals surface area contributed by atoms with E-state index < -0.39 is 42.2 Å². The number of aromatic hydroxyl groups is 1. The first kappa shape index (κ1) is 28.0. The molecule has 0 aliphatic carbocycles. The standard InChI is InChI=1S/C25H33N3O6S/c1-16-9-5-7-11-18(16)26-22(31)21(17-10-6-8-12-20(17)30)28(13-14-29)23(32)19(15-35)27-24(33)34-25(2,3)4/h5-12,19,21,29-30,35H,13-15H2,1-4H3,(H,26,31)(H,27,33). The lowest BCUT2D eigenvalue weighted by molar-refractivity contribution is -0.140. The maximum absolute atomic E-state index is 13.5. The lowest BCUT2D eigenvalue weighted by atomic mass is 10.0. The Bertz CT molecular complexity index is 1040. The van der Waals surface area contributed by atoms with Crippen LogP contribution >= 0.6 is 12.6 Å². The second kappa shape index (κ2) is 12.5. The van der Waals surface area contributed by atoms with Gasteiger partial charge < -0.3 is 30.5 Å². The van der Waals surface area contributed by atoms with Gasteiger partial charge in [0, 0.05) is 23.5 Å². The Morgan fingerprint density at radius 2 is 1.71 bits per heavy atom. The fourth-order valence-corrected chi connectivity index (χ4v) is 3.64. The number of carbonyl (C=O) groups is 3. The Morgan fingerprint density at radius 3 is 2.29 bits per heavy atom. The molecule has 0 radical (unpaired) electrons. The SMILES string of the molecule is Cc1ccccc1NC(=O)C(c1ccccc1O)N(CCO)C(=O)C(CS)NC(=O)OC(C)(C)C. The monoisotopic (exact) mass is 503 g/mol. The topological polar surface area (TPSA) is 128 Å². The van der Waals surface area contributed by atoms with Gasteiger partial charge in [0.25, 0.3) is 5.91 Å². The van der Waals surface area contributed by atoms with Gasteiger partial charge in [-0.05, 0) is 45.4 Å². The molecule has 9 nitrogen and oxygen atoms in total. The summed E-state index contributed by atoms with van der Waals surface area (Å²) in [6.07, 6.45) is -0.822. The Hall–Kier alpha value is -3.24. The molecule has 0 bridgehead atoms. The number of phenols is 1. The van der Waals surface area contributed by atoms with Crippen molar-refractivity contribution in [2.75, 3.05) is 24.2 Å². The summed E-state index contributed by atoms with van der Waals surface area (Å²) in [5, 5.41) is 25.5. The molecule has 35 heavy (non-hydrogen) atoms. The van der Waals surface area contributed by atoms with Crippen molar-refractivity contribution in [3.63, 3.8) is 0 Å². The highest BCUT2D eigenvalue weighted by molar-refractivity contribution is 7.80. The molecule has 4 N–H and O–H groups in total. The number of anilines is 1. The fourth-order valence-electron chi connectivity index (χ4n) is 3.39. The molecular weight excluding hydrogens is 470 g/mol. The number of aliphatic hydroxyl groups is 1. The zero-order chi connectivity index (χ0) is 26.2. The average Bonchev–Trinajstić information content (AvgIpc) is 2.78. The summed E-state index contributed by atoms with van der Waals surface area (Å²) in [5.41, 5.74) is 0.712. The second-order valence-corrected chi connectivity index (χ2v) is 9.27. The molecule has 2 aromatic rings. The molecule has 0 aliphatic rings. The van der Waals surface area contributed by atoms with Crippen LogP contribution in [-0.4, -0.2) is 63.6 Å². The molecule has 0 heterocycles. The Balaban J connectivity index is 2.45. The number of benzene rings is 2. The first-order valence-electron chi connectivity index (χ1n) is 11.1. The van der Waals surface area contributed by atoms with E-state index in [1.54, 1.807) is 45.0 Å². The minimum Gasteiger partial charge on any atom is -0.508 e. The van der Waals surface area contributed by atoms with Crippen LogP contribution in [0.3, 0.4) is 0 Å². The molecule has 2 aromatic carbocycles. The number of carbonyl (C=O) groups excluding carboxylic acids is 3. The minimum atomic E-state index is -1.31. The Labute approximate surface area is 210 Å². The summed E-state index contributed by atoms with van der Waals surface area (Å²) in [6.45, 7) is 6.19. The molecule has 0 fully saturated rings. The molecular formula is C25H33N3O6S. The maximum atomic E-state index is 13.5. The van der Waals surface area contributed by atoms with Gasteiger partial charge in [-0.25, -0.2) is 4.79 Å². The normalized spacial score (nSPS) is 12.9. The van der Waals surface area contributed by atoms with Crippen LogP contribution in [0.1, 0.15) is 37.9 Å². The Morgan fingerprint density at radius 1 is 1.09 bits per heavy atom. The van der Waals surface area contributed by atoms with Crippen molar-refractivity contribution in [3.05, 3.63) is 59.7 Å². The molecule has 0 aliphatic heterocycles. The van der Waals surface area contributed by atoms with E-state index in [-0.39, 0.29) is 23.6 Å².